The molecule has 0 aromatic carbocycles. The average molecular weight is 186 g/mol. The first-order valence-electron chi connectivity index (χ1n) is 4.90. The number of nitrogens with zero attached hydrogens (tertiary/aromatic N) is 1. The molecule has 1 rings (SSSR count). The lowest BCUT2D eigenvalue weighted by molar-refractivity contribution is -0.130. The highest BCUT2D eigenvalue weighted by atomic mass is 16.3. The van der Waals surface area contributed by atoms with Crippen molar-refractivity contribution < 1.29 is 9.90 Å². The number of likely N-dealkylation sites (tertiary alicyclic amines) is 1. The van der Waals surface area contributed by atoms with Crippen LogP contribution in [-0.2, 0) is 4.79 Å². The van der Waals surface area contributed by atoms with Crippen molar-refractivity contribution in [3.8, 4) is 0 Å². The van der Waals surface area contributed by atoms with Crippen LogP contribution < -0.4 is 5.73 Å². The second kappa shape index (κ2) is 5.19. The Kier molecular flexibility index (Phi) is 4.18. The number of hydrogen-bond donors (Lipinski definition) is 2. The smallest absolute Gasteiger partial charge is 0.222 e. The maximum atomic E-state index is 11.4. The third-order valence-electron chi connectivity index (χ3n) is 2.36. The number of aliphatic hydroxyl groups excluding tert-OH is 1. The fourth-order valence-corrected chi connectivity index (χ4v) is 1.55. The molecule has 4 heteroatoms. The van der Waals surface area contributed by atoms with Gasteiger partial charge in [-0.05, 0) is 25.8 Å². The van der Waals surface area contributed by atoms with Crippen molar-refractivity contribution >= 4 is 5.91 Å². The summed E-state index contributed by atoms with van der Waals surface area (Å²) in [5.41, 5.74) is 5.33. The molecule has 1 amide bonds. The van der Waals surface area contributed by atoms with Crippen LogP contribution in [0.2, 0.25) is 0 Å². The number of nitrogens with two attached hydrogens (primary N) is 1. The Morgan fingerprint density at radius 1 is 1.54 bits per heavy atom. The summed E-state index contributed by atoms with van der Waals surface area (Å²) in [6, 6.07) is 0. The molecule has 0 saturated carbocycles. The molecule has 1 unspecified atom stereocenters. The van der Waals surface area contributed by atoms with Crippen LogP contribution in [0.15, 0.2) is 0 Å². The Morgan fingerprint density at radius 3 is 2.85 bits per heavy atom. The molecular weight excluding hydrogens is 168 g/mol. The number of hydrogen-bond acceptors (Lipinski definition) is 3. The third kappa shape index (κ3) is 3.32. The van der Waals surface area contributed by atoms with E-state index in [1.165, 1.54) is 0 Å². The highest BCUT2D eigenvalue weighted by Gasteiger charge is 2.23. The van der Waals surface area contributed by atoms with Crippen LogP contribution in [-0.4, -0.2) is 41.7 Å². The Hall–Kier alpha value is -0.610. The zero-order valence-electron chi connectivity index (χ0n) is 7.91. The summed E-state index contributed by atoms with van der Waals surface area (Å²) in [4.78, 5) is 13.2. The van der Waals surface area contributed by atoms with Crippen LogP contribution in [0, 0.1) is 0 Å². The van der Waals surface area contributed by atoms with Gasteiger partial charge >= 0.3 is 0 Å². The lowest BCUT2D eigenvalue weighted by Gasteiger charge is -2.14. The number of carbonyl (C=O) groups excluding carboxylic acids is 1. The molecule has 1 saturated heterocycles. The van der Waals surface area contributed by atoms with Gasteiger partial charge in [0.2, 0.25) is 5.91 Å². The Balaban J connectivity index is 2.16. The minimum absolute atomic E-state index is 0.157. The first kappa shape index (κ1) is 10.5. The van der Waals surface area contributed by atoms with Crippen molar-refractivity contribution in [1.29, 1.82) is 0 Å². The lowest BCUT2D eigenvalue weighted by Crippen LogP contribution is -2.29. The molecule has 0 aliphatic carbocycles. The van der Waals surface area contributed by atoms with E-state index in [9.17, 15) is 9.90 Å². The number of carbonyl (C=O) groups is 1. The van der Waals surface area contributed by atoms with Crippen molar-refractivity contribution in [3.05, 3.63) is 0 Å². The van der Waals surface area contributed by atoms with Crippen LogP contribution in [0.4, 0.5) is 0 Å². The second-order valence-corrected chi connectivity index (χ2v) is 3.53. The third-order valence-corrected chi connectivity index (χ3v) is 2.36. The Labute approximate surface area is 78.7 Å². The van der Waals surface area contributed by atoms with Gasteiger partial charge in [-0.3, -0.25) is 4.79 Å². The summed E-state index contributed by atoms with van der Waals surface area (Å²) in [5, 5.41) is 9.21. The molecule has 0 aromatic rings. The Bertz CT molecular complexity index is 173. The van der Waals surface area contributed by atoms with E-state index in [1.807, 2.05) is 0 Å². The summed E-state index contributed by atoms with van der Waals surface area (Å²) < 4.78 is 0. The molecule has 1 fully saturated rings. The summed E-state index contributed by atoms with van der Waals surface area (Å²) in [5.74, 6) is 0.157. The van der Waals surface area contributed by atoms with Crippen LogP contribution in [0.25, 0.3) is 0 Å². The van der Waals surface area contributed by atoms with Gasteiger partial charge in [0.05, 0.1) is 6.10 Å². The maximum Gasteiger partial charge on any atom is 0.222 e. The van der Waals surface area contributed by atoms with Gasteiger partial charge in [-0.1, -0.05) is 0 Å². The van der Waals surface area contributed by atoms with Crippen molar-refractivity contribution in [2.45, 2.75) is 31.8 Å². The summed E-state index contributed by atoms with van der Waals surface area (Å²) >= 11 is 0. The van der Waals surface area contributed by atoms with E-state index in [0.717, 1.165) is 19.3 Å². The number of rotatable bonds is 4. The van der Waals surface area contributed by atoms with Crippen LogP contribution in [0.3, 0.4) is 0 Å². The lowest BCUT2D eigenvalue weighted by atomic mass is 10.2. The molecule has 13 heavy (non-hydrogen) atoms. The summed E-state index contributed by atoms with van der Waals surface area (Å²) in [7, 11) is 0. The summed E-state index contributed by atoms with van der Waals surface area (Å²) in [6.45, 7) is 1.87. The van der Waals surface area contributed by atoms with Crippen LogP contribution in [0.5, 0.6) is 0 Å². The van der Waals surface area contributed by atoms with Crippen molar-refractivity contribution in [1.82, 2.24) is 4.90 Å². The van der Waals surface area contributed by atoms with Gasteiger partial charge in [0.15, 0.2) is 0 Å². The second-order valence-electron chi connectivity index (χ2n) is 3.53. The number of aliphatic hydroxyl groups is 1. The molecule has 0 radical (unpaired) electrons. The van der Waals surface area contributed by atoms with E-state index in [4.69, 9.17) is 5.73 Å². The van der Waals surface area contributed by atoms with Gasteiger partial charge in [0.25, 0.3) is 0 Å². The zero-order valence-corrected chi connectivity index (χ0v) is 7.91. The van der Waals surface area contributed by atoms with Crippen LogP contribution in [0.1, 0.15) is 25.7 Å². The van der Waals surface area contributed by atoms with E-state index in [-0.39, 0.29) is 12.0 Å². The fourth-order valence-electron chi connectivity index (χ4n) is 1.55. The fraction of sp³-hybridized carbons (Fsp3) is 0.889. The molecule has 4 nitrogen and oxygen atoms in total. The zero-order chi connectivity index (χ0) is 9.68. The van der Waals surface area contributed by atoms with E-state index in [1.54, 1.807) is 4.90 Å². The predicted octanol–water partition coefficient (Wildman–Crippen LogP) is -0.291. The summed E-state index contributed by atoms with van der Waals surface area (Å²) in [6.07, 6.45) is 2.76. The highest BCUT2D eigenvalue weighted by Crippen LogP contribution is 2.11. The molecule has 1 aliphatic heterocycles. The van der Waals surface area contributed by atoms with E-state index < -0.39 is 0 Å². The quantitative estimate of drug-likeness (QED) is 0.593. The predicted molar refractivity (Wildman–Crippen MR) is 50.1 cm³/mol. The molecule has 0 bridgehead atoms. The first-order chi connectivity index (χ1) is 6.24. The van der Waals surface area contributed by atoms with Gasteiger partial charge in [-0.2, -0.15) is 0 Å². The van der Waals surface area contributed by atoms with E-state index in [2.05, 4.69) is 0 Å². The molecule has 1 atom stereocenters. The van der Waals surface area contributed by atoms with Gasteiger partial charge < -0.3 is 15.7 Å². The van der Waals surface area contributed by atoms with Crippen molar-refractivity contribution in [2.24, 2.45) is 5.73 Å². The Morgan fingerprint density at radius 2 is 2.31 bits per heavy atom. The van der Waals surface area contributed by atoms with Gasteiger partial charge in [-0.15, -0.1) is 0 Å². The minimum Gasteiger partial charge on any atom is -0.391 e. The minimum atomic E-state index is -0.307. The number of unbranched alkanes of at least 4 members (excludes halogenated alkanes) is 1. The number of amides is 1. The molecule has 1 heterocycles. The largest absolute Gasteiger partial charge is 0.391 e. The van der Waals surface area contributed by atoms with Gasteiger partial charge in [0, 0.05) is 19.5 Å². The maximum absolute atomic E-state index is 11.4. The SMILES string of the molecule is NCCCCC(=O)N1CCC(O)C1. The van der Waals surface area contributed by atoms with Gasteiger partial charge in [0.1, 0.15) is 0 Å². The van der Waals surface area contributed by atoms with Crippen molar-refractivity contribution in [3.63, 3.8) is 0 Å². The average Bonchev–Trinajstić information content (AvgIpc) is 2.52. The molecule has 76 valence electrons. The molecule has 1 aliphatic rings. The normalized spacial score (nSPS) is 22.3. The molecule has 0 aromatic heterocycles. The van der Waals surface area contributed by atoms with Gasteiger partial charge in [-0.25, -0.2) is 0 Å². The first-order valence-corrected chi connectivity index (χ1v) is 4.90. The van der Waals surface area contributed by atoms with Crippen LogP contribution >= 0.6 is 0 Å². The topological polar surface area (TPSA) is 66.6 Å². The van der Waals surface area contributed by atoms with E-state index in [0.29, 0.717) is 26.1 Å². The number of β-amino-alcohol motifs (C(OH)–C–C–N with tert-alkyl or cyclic N) is 1. The molecule has 0 spiro atoms. The monoisotopic (exact) mass is 186 g/mol. The van der Waals surface area contributed by atoms with E-state index >= 15 is 0 Å². The van der Waals surface area contributed by atoms with Crippen molar-refractivity contribution in [2.75, 3.05) is 19.6 Å². The molecular formula is C9H18N2O2. The molecule has 3 N–H and O–H groups in total. The highest BCUT2D eigenvalue weighted by molar-refractivity contribution is 5.76. The standard InChI is InChI=1S/C9H18N2O2/c10-5-2-1-3-9(13)11-6-4-8(12)7-11/h8,12H,1-7,10H2.